The van der Waals surface area contributed by atoms with E-state index < -0.39 is 35.6 Å². The van der Waals surface area contributed by atoms with Crippen LogP contribution in [0.1, 0.15) is 72.3 Å². The number of carbonyl (C=O) groups excluding carboxylic acids is 2. The molecule has 1 aromatic carbocycles. The zero-order valence-corrected chi connectivity index (χ0v) is 27.6. The quantitative estimate of drug-likeness (QED) is 0.0468. The van der Waals surface area contributed by atoms with Crippen LogP contribution >= 0.6 is 15.9 Å². The minimum Gasteiger partial charge on any atom is -0.404 e. The van der Waals surface area contributed by atoms with Crippen LogP contribution in [0.5, 0.6) is 0 Å². The molecule has 0 radical (unpaired) electrons. The predicted molar refractivity (Wildman–Crippen MR) is 172 cm³/mol. The lowest BCUT2D eigenvalue weighted by Gasteiger charge is -2.64. The zero-order valence-electron chi connectivity index (χ0n) is 26.0. The summed E-state index contributed by atoms with van der Waals surface area (Å²) in [6.45, 7) is 11.0. The van der Waals surface area contributed by atoms with Gasteiger partial charge in [-0.25, -0.2) is 15.1 Å². The molecule has 5 rings (SSSR count). The Morgan fingerprint density at radius 3 is 2.64 bits per heavy atom. The third-order valence-corrected chi connectivity index (χ3v) is 10.2. The molecule has 1 aromatic rings. The fourth-order valence-corrected chi connectivity index (χ4v) is 7.41. The Kier molecular flexibility index (Phi) is 10.8. The highest BCUT2D eigenvalue weighted by molar-refractivity contribution is 9.10. The van der Waals surface area contributed by atoms with Gasteiger partial charge in [0, 0.05) is 17.1 Å². The Morgan fingerprint density at radius 2 is 1.98 bits per heavy atom. The van der Waals surface area contributed by atoms with Gasteiger partial charge in [-0.1, -0.05) is 67.2 Å². The van der Waals surface area contributed by atoms with Crippen LogP contribution in [-0.4, -0.2) is 60.2 Å². The van der Waals surface area contributed by atoms with Gasteiger partial charge in [0.2, 0.25) is 11.8 Å². The molecule has 1 heterocycles. The second kappa shape index (κ2) is 14.0. The largest absolute Gasteiger partial charge is 0.481 e. The lowest BCUT2D eigenvalue weighted by atomic mass is 9.43. The molecule has 0 aromatic heterocycles. The first-order chi connectivity index (χ1) is 20.7. The van der Waals surface area contributed by atoms with Crippen LogP contribution in [0, 0.1) is 33.3 Å². The van der Waals surface area contributed by atoms with Crippen LogP contribution in [0.25, 0.3) is 6.08 Å². The summed E-state index contributed by atoms with van der Waals surface area (Å²) in [6, 6.07) is 6.58. The minimum absolute atomic E-state index is 0.0233. The van der Waals surface area contributed by atoms with E-state index in [9.17, 15) is 19.7 Å². The number of aliphatic imine (C=N–C) groups is 1. The molecule has 2 amide bonds. The number of amides is 2. The second-order valence-electron chi connectivity index (χ2n) is 13.3. The Labute approximate surface area is 267 Å². The van der Waals surface area contributed by atoms with E-state index in [1.165, 1.54) is 6.08 Å². The Morgan fingerprint density at radius 1 is 1.25 bits per heavy atom. The SMILES string of the molecule is CC(C)C[C@H](NC(=O)[C@H](CCCN=C(N)N[N+](=O)[O-])NC(=O)/C=C/c1ccccc1Br)B1O[C@@H]2C[C@H]3C[C@H](C3(C)C)[C@]2(C)O1. The van der Waals surface area contributed by atoms with E-state index in [0.29, 0.717) is 24.7 Å². The number of nitrogens with zero attached hydrogens (tertiary/aromatic N) is 2. The maximum absolute atomic E-state index is 13.8. The third kappa shape index (κ3) is 7.81. The van der Waals surface area contributed by atoms with Gasteiger partial charge in [0.15, 0.2) is 5.03 Å². The van der Waals surface area contributed by atoms with E-state index in [1.54, 1.807) is 11.5 Å². The number of halogens is 1. The number of hydrazine groups is 1. The van der Waals surface area contributed by atoms with Gasteiger partial charge in [-0.3, -0.25) is 9.59 Å². The van der Waals surface area contributed by atoms with Gasteiger partial charge in [-0.05, 0) is 79.9 Å². The van der Waals surface area contributed by atoms with Gasteiger partial charge in [0.05, 0.1) is 17.6 Å². The molecule has 0 spiro atoms. The van der Waals surface area contributed by atoms with Gasteiger partial charge in [-0.15, -0.1) is 0 Å². The van der Waals surface area contributed by atoms with Crippen molar-refractivity contribution in [3.8, 4) is 0 Å². The summed E-state index contributed by atoms with van der Waals surface area (Å²) in [5.41, 5.74) is 7.91. The van der Waals surface area contributed by atoms with Gasteiger partial charge < -0.3 is 25.7 Å². The Hall–Kier alpha value is -2.97. The smallest absolute Gasteiger partial charge is 0.404 e. The standard InChI is InChI=1S/C30H44BBrN6O6/c1-18(2)15-25(31-43-24-17-20-16-23(29(20,3)4)30(24,5)44-31)36-27(40)22(11-8-14-34-28(33)37-38(41)42)35-26(39)13-12-19-9-6-7-10-21(19)32/h6-7,9-10,12-13,18,20,22-25H,8,11,14-17H2,1-5H3,(H,35,39)(H,36,40)(H3,33,34,37)/b13-12+/t20-,22+,23-,24-,25+,30+/m1/s1. The summed E-state index contributed by atoms with van der Waals surface area (Å²) in [6.07, 6.45) is 6.30. The van der Waals surface area contributed by atoms with Gasteiger partial charge >= 0.3 is 7.12 Å². The molecule has 12 nitrogen and oxygen atoms in total. The molecule has 0 unspecified atom stereocenters. The molecular weight excluding hydrogens is 631 g/mol. The number of benzene rings is 1. The highest BCUT2D eigenvalue weighted by atomic mass is 79.9. The summed E-state index contributed by atoms with van der Waals surface area (Å²) >= 11 is 3.47. The first-order valence-electron chi connectivity index (χ1n) is 15.3. The highest BCUT2D eigenvalue weighted by Gasteiger charge is 2.68. The summed E-state index contributed by atoms with van der Waals surface area (Å²) in [4.78, 5) is 41.3. The van der Waals surface area contributed by atoms with Crippen molar-refractivity contribution in [3.05, 3.63) is 50.5 Å². The van der Waals surface area contributed by atoms with Crippen LogP contribution in [0.15, 0.2) is 39.8 Å². The normalized spacial score (nSPS) is 26.9. The molecule has 4 fully saturated rings. The fourth-order valence-electron chi connectivity index (χ4n) is 6.99. The van der Waals surface area contributed by atoms with Gasteiger partial charge in [0.25, 0.3) is 5.96 Å². The molecule has 5 N–H and O–H groups in total. The molecule has 14 heteroatoms. The highest BCUT2D eigenvalue weighted by Crippen LogP contribution is 2.65. The van der Waals surface area contributed by atoms with E-state index >= 15 is 0 Å². The molecular formula is C30H44BBrN6O6. The molecule has 44 heavy (non-hydrogen) atoms. The van der Waals surface area contributed by atoms with Crippen molar-refractivity contribution < 1.29 is 23.9 Å². The van der Waals surface area contributed by atoms with Crippen molar-refractivity contribution in [2.45, 2.75) is 90.4 Å². The number of nitrogens with two attached hydrogens (primary N) is 1. The molecule has 2 bridgehead atoms. The van der Waals surface area contributed by atoms with Gasteiger partial charge in [0.1, 0.15) is 6.04 Å². The first-order valence-corrected chi connectivity index (χ1v) is 16.1. The predicted octanol–water partition coefficient (Wildman–Crippen LogP) is 3.62. The fraction of sp³-hybridized carbons (Fsp3) is 0.633. The second-order valence-corrected chi connectivity index (χ2v) is 14.1. The van der Waals surface area contributed by atoms with Crippen LogP contribution in [0.4, 0.5) is 0 Å². The first kappa shape index (κ1) is 33.9. The average Bonchev–Trinajstić information content (AvgIpc) is 3.30. The molecule has 1 saturated heterocycles. The average molecular weight is 675 g/mol. The Balaban J connectivity index is 1.46. The number of guanidine groups is 1. The van der Waals surface area contributed by atoms with Crippen LogP contribution in [-0.2, 0) is 18.9 Å². The maximum Gasteiger partial charge on any atom is 0.481 e. The number of hydrogen-bond acceptors (Lipinski definition) is 7. The molecule has 1 aliphatic heterocycles. The number of rotatable bonds is 13. The van der Waals surface area contributed by atoms with E-state index in [1.807, 2.05) is 24.3 Å². The maximum atomic E-state index is 13.8. The number of carbonyl (C=O) groups is 2. The molecule has 6 atom stereocenters. The molecule has 4 aliphatic rings. The van der Waals surface area contributed by atoms with E-state index in [-0.39, 0.29) is 42.3 Å². The van der Waals surface area contributed by atoms with Crippen molar-refractivity contribution >= 4 is 46.9 Å². The minimum atomic E-state index is -0.896. The van der Waals surface area contributed by atoms with E-state index in [4.69, 9.17) is 15.0 Å². The van der Waals surface area contributed by atoms with Crippen LogP contribution < -0.4 is 21.8 Å². The van der Waals surface area contributed by atoms with E-state index in [0.717, 1.165) is 22.9 Å². The topological polar surface area (TPSA) is 170 Å². The third-order valence-electron chi connectivity index (χ3n) is 9.44. The zero-order chi connectivity index (χ0) is 32.2. The lowest BCUT2D eigenvalue weighted by Crippen LogP contribution is -2.65. The summed E-state index contributed by atoms with van der Waals surface area (Å²) in [5, 5.41) is 15.7. The van der Waals surface area contributed by atoms with Crippen molar-refractivity contribution in [1.29, 1.82) is 0 Å². The van der Waals surface area contributed by atoms with Gasteiger partial charge in [-0.2, -0.15) is 0 Å². The van der Waals surface area contributed by atoms with Crippen molar-refractivity contribution in [2.75, 3.05) is 6.54 Å². The van der Waals surface area contributed by atoms with Crippen molar-refractivity contribution in [2.24, 2.45) is 33.9 Å². The van der Waals surface area contributed by atoms with Crippen molar-refractivity contribution in [3.63, 3.8) is 0 Å². The van der Waals surface area contributed by atoms with Crippen molar-refractivity contribution in [1.82, 2.24) is 16.1 Å². The summed E-state index contributed by atoms with van der Waals surface area (Å²) in [5.74, 6) is -0.310. The lowest BCUT2D eigenvalue weighted by molar-refractivity contribution is -0.525. The number of nitrogens with one attached hydrogen (secondary N) is 3. The summed E-state index contributed by atoms with van der Waals surface area (Å²) < 4.78 is 14.0. The molecule has 3 saturated carbocycles. The van der Waals surface area contributed by atoms with Crippen LogP contribution in [0.2, 0.25) is 0 Å². The number of nitro groups is 1. The number of hydrogen-bond donors (Lipinski definition) is 4. The molecule has 3 aliphatic carbocycles. The van der Waals surface area contributed by atoms with E-state index in [2.05, 4.69) is 66.2 Å². The summed E-state index contributed by atoms with van der Waals surface area (Å²) in [7, 11) is -0.601. The Bertz CT molecular complexity index is 1290. The molecule has 240 valence electrons. The van der Waals surface area contributed by atoms with Crippen LogP contribution in [0.3, 0.4) is 0 Å². The monoisotopic (exact) mass is 674 g/mol.